The molecule has 1 heterocycles. The van der Waals surface area contributed by atoms with Crippen molar-refractivity contribution in [2.75, 3.05) is 5.73 Å². The second kappa shape index (κ2) is 4.40. The maximum absolute atomic E-state index is 5.62. The molecule has 2 rings (SSSR count). The van der Waals surface area contributed by atoms with Crippen LogP contribution < -0.4 is 5.73 Å². The first-order valence-electron chi connectivity index (χ1n) is 4.70. The van der Waals surface area contributed by atoms with Gasteiger partial charge in [-0.2, -0.15) is 0 Å². The van der Waals surface area contributed by atoms with Crippen molar-refractivity contribution in [3.8, 4) is 0 Å². The number of benzene rings is 1. The highest BCUT2D eigenvalue weighted by molar-refractivity contribution is 7.98. The summed E-state index contributed by atoms with van der Waals surface area (Å²) in [6.45, 7) is 0. The van der Waals surface area contributed by atoms with Gasteiger partial charge in [0.2, 0.25) is 0 Å². The molecule has 0 aliphatic rings. The lowest BCUT2D eigenvalue weighted by atomic mass is 10.3. The second-order valence-corrected chi connectivity index (χ2v) is 4.36. The van der Waals surface area contributed by atoms with Crippen LogP contribution in [0.5, 0.6) is 0 Å². The molecule has 0 fully saturated rings. The Bertz CT molecular complexity index is 433. The Kier molecular flexibility index (Phi) is 2.97. The molecule has 0 atom stereocenters. The third kappa shape index (κ3) is 2.53. The summed E-state index contributed by atoms with van der Waals surface area (Å²) >= 11 is 1.76. The largest absolute Gasteiger partial charge is 0.399 e. The average molecular weight is 219 g/mol. The van der Waals surface area contributed by atoms with Crippen molar-refractivity contribution >= 4 is 17.4 Å². The summed E-state index contributed by atoms with van der Waals surface area (Å²) in [7, 11) is 2.01. The summed E-state index contributed by atoms with van der Waals surface area (Å²) in [6, 6.07) is 7.90. The molecule has 0 saturated heterocycles. The van der Waals surface area contributed by atoms with E-state index in [9.17, 15) is 0 Å². The van der Waals surface area contributed by atoms with E-state index in [-0.39, 0.29) is 0 Å². The summed E-state index contributed by atoms with van der Waals surface area (Å²) in [5, 5.41) is 0. The predicted molar refractivity (Wildman–Crippen MR) is 63.6 cm³/mol. The van der Waals surface area contributed by atoms with E-state index in [4.69, 9.17) is 5.73 Å². The average Bonchev–Trinajstić information content (AvgIpc) is 2.63. The van der Waals surface area contributed by atoms with Crippen LogP contribution in [0.2, 0.25) is 0 Å². The van der Waals surface area contributed by atoms with Crippen LogP contribution in [0.15, 0.2) is 41.6 Å². The zero-order valence-corrected chi connectivity index (χ0v) is 9.37. The van der Waals surface area contributed by atoms with Gasteiger partial charge >= 0.3 is 0 Å². The van der Waals surface area contributed by atoms with Gasteiger partial charge in [-0.3, -0.25) is 0 Å². The van der Waals surface area contributed by atoms with Gasteiger partial charge in [0.15, 0.2) is 0 Å². The van der Waals surface area contributed by atoms with Gasteiger partial charge < -0.3 is 10.3 Å². The maximum atomic E-state index is 5.62. The van der Waals surface area contributed by atoms with Crippen molar-refractivity contribution in [1.82, 2.24) is 9.55 Å². The number of aromatic nitrogens is 2. The minimum Gasteiger partial charge on any atom is -0.399 e. The van der Waals surface area contributed by atoms with E-state index in [0.29, 0.717) is 0 Å². The van der Waals surface area contributed by atoms with Gasteiger partial charge in [-0.25, -0.2) is 4.98 Å². The van der Waals surface area contributed by atoms with E-state index in [0.717, 1.165) is 17.3 Å². The number of nitrogens with zero attached hydrogens (tertiary/aromatic N) is 2. The minimum absolute atomic E-state index is 0.802. The van der Waals surface area contributed by atoms with Crippen LogP contribution in [0.3, 0.4) is 0 Å². The first kappa shape index (κ1) is 10.1. The molecule has 4 heteroatoms. The van der Waals surface area contributed by atoms with Crippen LogP contribution >= 0.6 is 11.8 Å². The molecular formula is C11H13N3S. The molecule has 0 radical (unpaired) electrons. The molecule has 0 spiro atoms. The smallest absolute Gasteiger partial charge is 0.118 e. The fraction of sp³-hybridized carbons (Fsp3) is 0.182. The van der Waals surface area contributed by atoms with Crippen LogP contribution in [0.25, 0.3) is 0 Å². The number of nitrogen functional groups attached to an aromatic ring is 1. The third-order valence-electron chi connectivity index (χ3n) is 2.17. The van der Waals surface area contributed by atoms with Gasteiger partial charge in [0.1, 0.15) is 5.82 Å². The zero-order valence-electron chi connectivity index (χ0n) is 8.55. The lowest BCUT2D eigenvalue weighted by Gasteiger charge is -2.02. The van der Waals surface area contributed by atoms with Crippen LogP contribution in [-0.4, -0.2) is 9.55 Å². The molecule has 0 aliphatic carbocycles. The van der Waals surface area contributed by atoms with Gasteiger partial charge in [-0.05, 0) is 24.3 Å². The molecule has 78 valence electrons. The van der Waals surface area contributed by atoms with Crippen molar-refractivity contribution in [1.29, 1.82) is 0 Å². The van der Waals surface area contributed by atoms with Gasteiger partial charge in [-0.15, -0.1) is 11.8 Å². The molecule has 0 amide bonds. The molecule has 15 heavy (non-hydrogen) atoms. The first-order chi connectivity index (χ1) is 7.25. The van der Waals surface area contributed by atoms with E-state index in [1.165, 1.54) is 4.90 Å². The molecule has 3 nitrogen and oxygen atoms in total. The van der Waals surface area contributed by atoms with Crippen LogP contribution in [0.1, 0.15) is 5.82 Å². The van der Waals surface area contributed by atoms with E-state index >= 15 is 0 Å². The molecule has 0 aliphatic heterocycles. The second-order valence-electron chi connectivity index (χ2n) is 3.31. The van der Waals surface area contributed by atoms with Crippen LogP contribution in [0.4, 0.5) is 5.69 Å². The normalized spacial score (nSPS) is 10.5. The number of anilines is 1. The zero-order chi connectivity index (χ0) is 10.7. The molecule has 1 aromatic heterocycles. The molecule has 0 unspecified atom stereocenters. The fourth-order valence-corrected chi connectivity index (χ4v) is 2.15. The summed E-state index contributed by atoms with van der Waals surface area (Å²) in [5.41, 5.74) is 6.42. The number of aryl methyl sites for hydroxylation is 1. The number of imidazole rings is 1. The number of rotatable bonds is 3. The Hall–Kier alpha value is -1.42. The lowest BCUT2D eigenvalue weighted by molar-refractivity contribution is 0.849. The molecule has 0 bridgehead atoms. The monoisotopic (exact) mass is 219 g/mol. The van der Waals surface area contributed by atoms with E-state index in [1.807, 2.05) is 48.3 Å². The summed E-state index contributed by atoms with van der Waals surface area (Å²) in [6.07, 6.45) is 3.78. The molecule has 0 saturated carbocycles. The summed E-state index contributed by atoms with van der Waals surface area (Å²) < 4.78 is 2.03. The quantitative estimate of drug-likeness (QED) is 0.636. The van der Waals surface area contributed by atoms with Crippen LogP contribution in [-0.2, 0) is 12.8 Å². The lowest BCUT2D eigenvalue weighted by Crippen LogP contribution is -1.94. The van der Waals surface area contributed by atoms with Crippen molar-refractivity contribution < 1.29 is 0 Å². The van der Waals surface area contributed by atoms with Gasteiger partial charge in [0, 0.05) is 30.0 Å². The van der Waals surface area contributed by atoms with E-state index < -0.39 is 0 Å². The molecule has 1 aromatic carbocycles. The molecule has 2 N–H and O–H groups in total. The predicted octanol–water partition coefficient (Wildman–Crippen LogP) is 2.29. The summed E-state index contributed by atoms with van der Waals surface area (Å²) in [4.78, 5) is 5.48. The Morgan fingerprint density at radius 1 is 1.33 bits per heavy atom. The topological polar surface area (TPSA) is 43.8 Å². The maximum Gasteiger partial charge on any atom is 0.118 e. The van der Waals surface area contributed by atoms with E-state index in [2.05, 4.69) is 4.98 Å². The van der Waals surface area contributed by atoms with Crippen molar-refractivity contribution in [2.45, 2.75) is 10.6 Å². The van der Waals surface area contributed by atoms with Crippen LogP contribution in [0, 0.1) is 0 Å². The minimum atomic E-state index is 0.802. The SMILES string of the molecule is Cn1ccnc1CSc1ccc(N)cc1. The fourth-order valence-electron chi connectivity index (χ4n) is 1.25. The third-order valence-corrected chi connectivity index (χ3v) is 3.18. The standard InChI is InChI=1S/C11H13N3S/c1-14-7-6-13-11(14)8-15-10-4-2-9(12)3-5-10/h2-7H,8,12H2,1H3. The Balaban J connectivity index is 1.99. The van der Waals surface area contributed by atoms with Crippen molar-refractivity contribution in [2.24, 2.45) is 7.05 Å². The van der Waals surface area contributed by atoms with Gasteiger partial charge in [0.25, 0.3) is 0 Å². The summed E-state index contributed by atoms with van der Waals surface area (Å²) in [5.74, 6) is 1.96. The number of thioether (sulfide) groups is 1. The Morgan fingerprint density at radius 2 is 2.07 bits per heavy atom. The van der Waals surface area contributed by atoms with Gasteiger partial charge in [-0.1, -0.05) is 0 Å². The first-order valence-corrected chi connectivity index (χ1v) is 5.69. The number of hydrogen-bond acceptors (Lipinski definition) is 3. The molecule has 2 aromatic rings. The number of hydrogen-bond donors (Lipinski definition) is 1. The van der Waals surface area contributed by atoms with Gasteiger partial charge in [0.05, 0.1) is 5.75 Å². The highest BCUT2D eigenvalue weighted by atomic mass is 32.2. The number of nitrogens with two attached hydrogens (primary N) is 1. The Morgan fingerprint density at radius 3 is 2.67 bits per heavy atom. The van der Waals surface area contributed by atoms with Crippen molar-refractivity contribution in [3.63, 3.8) is 0 Å². The molecular weight excluding hydrogens is 206 g/mol. The Labute approximate surface area is 93.3 Å². The highest BCUT2D eigenvalue weighted by Crippen LogP contribution is 2.22. The van der Waals surface area contributed by atoms with Crippen molar-refractivity contribution in [3.05, 3.63) is 42.5 Å². The van der Waals surface area contributed by atoms with E-state index in [1.54, 1.807) is 11.8 Å². The highest BCUT2D eigenvalue weighted by Gasteiger charge is 2.00.